The number of ketones is 1. The smallest absolute Gasteiger partial charge is 0.409 e. The Hall–Kier alpha value is -8.27. The monoisotopic (exact) mass is 1290 g/mol. The van der Waals surface area contributed by atoms with Crippen LogP contribution in [0, 0.1) is 18.8 Å². The van der Waals surface area contributed by atoms with E-state index < -0.39 is 150 Å². The molecule has 27 nitrogen and oxygen atoms in total. The van der Waals surface area contributed by atoms with E-state index in [1.165, 1.54) is 51.2 Å². The number of aryl methyl sites for hydroxylation is 1. The van der Waals surface area contributed by atoms with E-state index in [-0.39, 0.29) is 81.0 Å². The number of primary amides is 1. The second-order valence-electron chi connectivity index (χ2n) is 24.1. The van der Waals surface area contributed by atoms with E-state index in [9.17, 15) is 62.6 Å². The van der Waals surface area contributed by atoms with Crippen molar-refractivity contribution in [2.75, 3.05) is 39.7 Å². The molecule has 4 aliphatic rings. The maximum absolute atomic E-state index is 14.5. The average Bonchev–Trinajstić information content (AvgIpc) is 1.58. The van der Waals surface area contributed by atoms with Gasteiger partial charge in [-0.05, 0) is 101 Å². The normalized spacial score (nSPS) is 24.4. The molecule has 2 aromatic rings. The summed E-state index contributed by atoms with van der Waals surface area (Å²) in [6.07, 6.45) is -0.458. The lowest BCUT2D eigenvalue weighted by molar-refractivity contribution is -0.197. The lowest BCUT2D eigenvalue weighted by Crippen LogP contribution is -2.63. The van der Waals surface area contributed by atoms with Gasteiger partial charge in [-0.1, -0.05) is 68.3 Å². The van der Waals surface area contributed by atoms with Crippen molar-refractivity contribution in [2.24, 2.45) is 17.6 Å². The maximum Gasteiger partial charge on any atom is 0.409 e. The number of ether oxygens (including phenoxy) is 4. The van der Waals surface area contributed by atoms with Crippen LogP contribution in [-0.4, -0.2) is 175 Å². The highest BCUT2D eigenvalue weighted by Crippen LogP contribution is 2.49. The van der Waals surface area contributed by atoms with Crippen LogP contribution in [0.1, 0.15) is 143 Å². The number of alkyl carbamates (subject to hydrolysis) is 1. The van der Waals surface area contributed by atoms with Crippen LogP contribution in [0.5, 0.6) is 0 Å². The minimum absolute atomic E-state index is 0.0272. The molecule has 91 heavy (non-hydrogen) atoms. The molecule has 3 saturated heterocycles. The number of benzene rings is 2. The van der Waals surface area contributed by atoms with Crippen molar-refractivity contribution in [3.63, 3.8) is 0 Å². The number of urea groups is 1. The van der Waals surface area contributed by atoms with Crippen LogP contribution in [0.15, 0.2) is 54.1 Å². The van der Waals surface area contributed by atoms with Gasteiger partial charge in [0.25, 0.3) is 23.6 Å². The van der Waals surface area contributed by atoms with Gasteiger partial charge in [-0.15, -0.1) is 5.06 Å². The van der Waals surface area contributed by atoms with Gasteiger partial charge in [0.05, 0.1) is 29.3 Å². The van der Waals surface area contributed by atoms with Crippen molar-refractivity contribution in [1.29, 1.82) is 0 Å². The number of carbonyl (C=O) groups excluding carboxylic acids is 12. The minimum Gasteiger partial charge on any atom is -0.457 e. The predicted octanol–water partition coefficient (Wildman–Crippen LogP) is 3.84. The quantitative estimate of drug-likeness (QED) is 0.0360. The summed E-state index contributed by atoms with van der Waals surface area (Å²) in [5, 5.41) is 25.5. The number of allylic oxidation sites excluding steroid dienone is 3. The number of nitrogens with two attached hydrogens (primary N) is 1. The Balaban J connectivity index is 1.19. The molecule has 0 radical (unpaired) electrons. The zero-order valence-electron chi connectivity index (χ0n) is 53.2. The van der Waals surface area contributed by atoms with Gasteiger partial charge < -0.3 is 65.7 Å². The van der Waals surface area contributed by atoms with Crippen molar-refractivity contribution in [2.45, 2.75) is 179 Å². The Bertz CT molecular complexity index is 3210. The van der Waals surface area contributed by atoms with Crippen LogP contribution in [0.25, 0.3) is 0 Å². The molecule has 10 amide bonds. The number of imide groups is 1. The Kier molecular flexibility index (Phi) is 24.6. The highest BCUT2D eigenvalue weighted by atomic mass is 35.5. The zero-order valence-corrected chi connectivity index (χ0v) is 53.9. The molecule has 6 rings (SSSR count). The van der Waals surface area contributed by atoms with Crippen molar-refractivity contribution < 1.29 is 86.4 Å². The zero-order chi connectivity index (χ0) is 67.4. The lowest BCUT2D eigenvalue weighted by Gasteiger charge is -2.42. The molecule has 0 aliphatic carbocycles. The second-order valence-corrected chi connectivity index (χ2v) is 24.4. The van der Waals surface area contributed by atoms with Gasteiger partial charge in [-0.3, -0.25) is 43.7 Å². The summed E-state index contributed by atoms with van der Waals surface area (Å²) in [5.74, 6) is -8.01. The first-order valence-corrected chi connectivity index (χ1v) is 30.6. The van der Waals surface area contributed by atoms with Crippen molar-refractivity contribution in [3.05, 3.63) is 87.0 Å². The minimum atomic E-state index is -1.93. The van der Waals surface area contributed by atoms with Crippen molar-refractivity contribution in [3.8, 4) is 0 Å². The number of nitrogens with zero attached hydrogens (tertiary/aromatic N) is 3. The van der Waals surface area contributed by atoms with Crippen LogP contribution in [0.3, 0.4) is 0 Å². The standard InChI is InChI=1S/C63H84ClN9O18/c1-33(2)54(69-48(75)19-12-13-20-52(79)91-73-49(76)23-24-50(73)77)57(81)68-42(17-15-25-67-60(65)84)44(74)30-39-21-22-40(29-41(39)56(80)66-8)58(82)71(9)37(6)59(83)89-47-31-51(78)72(10)43-28-38(27-35(4)53(43)64)26-34(3)16-14-18-46(87-11)63(86)32-45(88-61(85)70-63)36(5)55-62(47,7)90-55/h14,16,18,21-22,27-29,33,36-37,42,45-47,54-55,86H,12-13,15,17,19-20,23-26,30-32H2,1-11H3,(H,66,80)(H,68,81)(H,69,75)(H,70,85)(H3,65,67,84)/b18-14+,34-16+/t36-,37+,42+,45+,46-,47+,54+,55+,62+,63+/m1/s1. The van der Waals surface area contributed by atoms with Crippen molar-refractivity contribution >= 4 is 88.5 Å². The first-order valence-electron chi connectivity index (χ1n) is 30.2. The summed E-state index contributed by atoms with van der Waals surface area (Å²) in [4.78, 5) is 166. The molecule has 0 unspecified atom stereocenters. The number of unbranched alkanes of at least 4 members (excludes halogenated alkanes) is 1. The number of rotatable bonds is 23. The van der Waals surface area contributed by atoms with E-state index >= 15 is 0 Å². The molecular weight excluding hydrogens is 1210 g/mol. The third-order valence-corrected chi connectivity index (χ3v) is 17.3. The molecule has 0 spiro atoms. The highest BCUT2D eigenvalue weighted by molar-refractivity contribution is 6.34. The predicted molar refractivity (Wildman–Crippen MR) is 328 cm³/mol. The summed E-state index contributed by atoms with van der Waals surface area (Å²) >= 11 is 6.87. The number of likely N-dealkylation sites (N-methyl/N-ethyl adjacent to an activating group) is 1. The van der Waals surface area contributed by atoms with Crippen LogP contribution in [0.4, 0.5) is 15.3 Å². The van der Waals surface area contributed by atoms with Gasteiger partial charge >= 0.3 is 24.1 Å². The molecule has 4 bridgehead atoms. The number of fused-ring (bicyclic) bond motifs is 5. The fourth-order valence-electron chi connectivity index (χ4n) is 11.2. The molecule has 496 valence electrons. The van der Waals surface area contributed by atoms with Crippen LogP contribution < -0.4 is 37.2 Å². The van der Waals surface area contributed by atoms with E-state index in [1.807, 2.05) is 26.0 Å². The lowest BCUT2D eigenvalue weighted by atomic mass is 9.83. The Morgan fingerprint density at radius 2 is 1.64 bits per heavy atom. The third-order valence-electron chi connectivity index (χ3n) is 16.8. The summed E-state index contributed by atoms with van der Waals surface area (Å²) in [6.45, 7) is 11.9. The van der Waals surface area contributed by atoms with Gasteiger partial charge in [0, 0.05) is 90.4 Å². The largest absolute Gasteiger partial charge is 0.457 e. The number of hydrogen-bond acceptors (Lipinski definition) is 18. The summed E-state index contributed by atoms with van der Waals surface area (Å²) < 4.78 is 24.0. The molecule has 4 heterocycles. The Morgan fingerprint density at radius 1 is 0.956 bits per heavy atom. The molecule has 28 heteroatoms. The van der Waals surface area contributed by atoms with Crippen LogP contribution >= 0.6 is 11.6 Å². The number of Topliss-reactive ketones (excluding diaryl/α,β-unsaturated/α-hetero) is 1. The van der Waals surface area contributed by atoms with Gasteiger partial charge in [0.15, 0.2) is 11.5 Å². The van der Waals surface area contributed by atoms with E-state index in [1.54, 1.807) is 53.0 Å². The van der Waals surface area contributed by atoms with Gasteiger partial charge in [0.1, 0.15) is 36.0 Å². The number of anilines is 1. The molecule has 0 saturated carbocycles. The first kappa shape index (κ1) is 71.8. The number of hydrogen-bond donors (Lipinski definition) is 7. The second kappa shape index (κ2) is 31.2. The summed E-state index contributed by atoms with van der Waals surface area (Å²) in [7, 11) is 5.61. The number of hydroxylamine groups is 2. The third kappa shape index (κ3) is 18.2. The molecular formula is C63H84ClN9O18. The van der Waals surface area contributed by atoms with E-state index in [0.717, 1.165) is 16.0 Å². The molecule has 10 atom stereocenters. The number of esters is 1. The average molecular weight is 1290 g/mol. The Morgan fingerprint density at radius 3 is 2.29 bits per heavy atom. The van der Waals surface area contributed by atoms with Crippen LogP contribution in [-0.2, 0) is 75.0 Å². The summed E-state index contributed by atoms with van der Waals surface area (Å²) in [5.41, 5.74) is 4.72. The Labute approximate surface area is 533 Å². The fraction of sp³-hybridized carbons (Fsp3) is 0.556. The first-order chi connectivity index (χ1) is 42.8. The number of carbonyl (C=O) groups is 12. The number of methoxy groups -OCH3 is 1. The molecule has 2 aromatic carbocycles. The number of amides is 10. The van der Waals surface area contributed by atoms with Gasteiger partial charge in [-0.2, -0.15) is 0 Å². The highest BCUT2D eigenvalue weighted by Gasteiger charge is 2.64. The van der Waals surface area contributed by atoms with Crippen molar-refractivity contribution in [1.82, 2.24) is 36.5 Å². The molecule has 4 aliphatic heterocycles. The molecule has 8 N–H and O–H groups in total. The molecule has 0 aromatic heterocycles. The van der Waals surface area contributed by atoms with E-state index in [0.29, 0.717) is 27.8 Å². The fourth-order valence-corrected chi connectivity index (χ4v) is 11.4. The van der Waals surface area contributed by atoms with Gasteiger partial charge in [0.2, 0.25) is 17.7 Å². The van der Waals surface area contributed by atoms with Crippen LogP contribution in [0.2, 0.25) is 5.02 Å². The van der Waals surface area contributed by atoms with E-state index in [4.69, 9.17) is 41.1 Å². The summed E-state index contributed by atoms with van der Waals surface area (Å²) in [6, 6.07) is 3.11. The molecule has 3 fully saturated rings. The number of epoxide rings is 1. The van der Waals surface area contributed by atoms with Gasteiger partial charge in [-0.25, -0.2) is 19.2 Å². The van der Waals surface area contributed by atoms with E-state index in [2.05, 4.69) is 26.6 Å². The maximum atomic E-state index is 14.5. The number of halogens is 1. The number of nitrogens with one attached hydrogen (secondary N) is 5. The topological polar surface area (TPSA) is 370 Å². The number of aliphatic hydroxyl groups is 1. The SMILES string of the molecule is CNC(=O)c1cc(C(=O)N(C)[C@@H](C)C(=O)O[C@H]2CC(=O)N(C)c3cc(cc(C)c3Cl)C/C(C)=C/C=C/[C@@H](OC)[C@@]3(O)C[C@H](OC(=O)N3)[C@@H](C)[C@@H]3O[C@@]23C)ccc1CC(=O)[C@H](CCCNC(N)=O)NC(=O)[C@@H](NC(=O)CCCCC(=O)ON1C(=O)CCC1=O)C(C)C.